The fraction of sp³-hybridized carbons (Fsp3) is 0.500. The predicted octanol–water partition coefficient (Wildman–Crippen LogP) is 0.487. The number of carbonyl (C=O) groups is 1. The smallest absolute Gasteiger partial charge is 0.399 e. The summed E-state index contributed by atoms with van der Waals surface area (Å²) in [5.41, 5.74) is -0.929. The average Bonchev–Trinajstić information content (AvgIpc) is 2.47. The highest BCUT2D eigenvalue weighted by Crippen LogP contribution is 2.36. The van der Waals surface area contributed by atoms with Crippen molar-refractivity contribution in [1.29, 1.82) is 0 Å². The summed E-state index contributed by atoms with van der Waals surface area (Å²) >= 11 is 0. The summed E-state index contributed by atoms with van der Waals surface area (Å²) < 4.78 is 11.5. The Morgan fingerprint density at radius 1 is 1.22 bits per heavy atom. The number of pyridine rings is 1. The molecule has 0 spiro atoms. The molecule has 0 amide bonds. The first-order valence-corrected chi connectivity index (χ1v) is 5.81. The van der Waals surface area contributed by atoms with Crippen molar-refractivity contribution in [3.05, 3.63) is 28.2 Å². The second-order valence-electron chi connectivity index (χ2n) is 5.38. The summed E-state index contributed by atoms with van der Waals surface area (Å²) in [6, 6.07) is 1.54. The van der Waals surface area contributed by atoms with E-state index >= 15 is 0 Å². The SMILES string of the molecule is CC1(C)OB(c2c(C=O)cc[nH]c2=O)OC1(C)C. The molecular formula is C12H16BNO4. The van der Waals surface area contributed by atoms with Crippen molar-refractivity contribution in [2.45, 2.75) is 38.9 Å². The molecule has 1 aliphatic heterocycles. The highest BCUT2D eigenvalue weighted by Gasteiger charge is 2.53. The minimum Gasteiger partial charge on any atom is -0.399 e. The summed E-state index contributed by atoms with van der Waals surface area (Å²) in [6.07, 6.45) is 2.07. The molecule has 0 aromatic carbocycles. The van der Waals surface area contributed by atoms with E-state index in [2.05, 4.69) is 4.98 Å². The van der Waals surface area contributed by atoms with Gasteiger partial charge in [-0.1, -0.05) is 0 Å². The lowest BCUT2D eigenvalue weighted by Crippen LogP contribution is -2.46. The van der Waals surface area contributed by atoms with Gasteiger partial charge in [-0.2, -0.15) is 0 Å². The summed E-state index contributed by atoms with van der Waals surface area (Å²) in [5, 5.41) is 0. The van der Waals surface area contributed by atoms with Gasteiger partial charge in [-0.25, -0.2) is 0 Å². The van der Waals surface area contributed by atoms with Crippen molar-refractivity contribution >= 4 is 18.9 Å². The number of H-pyrrole nitrogens is 1. The van der Waals surface area contributed by atoms with Gasteiger partial charge < -0.3 is 14.3 Å². The molecule has 1 N–H and O–H groups in total. The second kappa shape index (κ2) is 4.07. The van der Waals surface area contributed by atoms with Gasteiger partial charge in [0.1, 0.15) is 6.29 Å². The molecule has 0 unspecified atom stereocenters. The third kappa shape index (κ3) is 1.91. The summed E-state index contributed by atoms with van der Waals surface area (Å²) in [7, 11) is -0.819. The number of hydrogen-bond acceptors (Lipinski definition) is 4. The van der Waals surface area contributed by atoms with Gasteiger partial charge in [-0.05, 0) is 33.8 Å². The molecule has 2 rings (SSSR count). The van der Waals surface area contributed by atoms with Crippen molar-refractivity contribution in [3.8, 4) is 0 Å². The Kier molecular flexibility index (Phi) is 2.95. The number of aromatic amines is 1. The van der Waals surface area contributed by atoms with Crippen LogP contribution in [-0.4, -0.2) is 29.6 Å². The molecule has 96 valence electrons. The van der Waals surface area contributed by atoms with E-state index in [4.69, 9.17) is 9.31 Å². The van der Waals surface area contributed by atoms with Crippen LogP contribution in [-0.2, 0) is 9.31 Å². The van der Waals surface area contributed by atoms with Gasteiger partial charge in [0.15, 0.2) is 0 Å². The van der Waals surface area contributed by atoms with Gasteiger partial charge >= 0.3 is 7.12 Å². The maximum absolute atomic E-state index is 11.8. The zero-order chi connectivity index (χ0) is 13.6. The van der Waals surface area contributed by atoms with E-state index in [0.29, 0.717) is 6.29 Å². The highest BCUT2D eigenvalue weighted by atomic mass is 16.7. The molecule has 1 fully saturated rings. The molecule has 0 atom stereocenters. The van der Waals surface area contributed by atoms with Crippen LogP contribution in [0.1, 0.15) is 38.1 Å². The molecule has 2 heterocycles. The Balaban J connectivity index is 2.47. The molecule has 0 aliphatic carbocycles. The molecule has 0 radical (unpaired) electrons. The molecule has 1 aliphatic rings. The quantitative estimate of drug-likeness (QED) is 0.611. The van der Waals surface area contributed by atoms with E-state index in [1.807, 2.05) is 27.7 Å². The minimum absolute atomic E-state index is 0.228. The highest BCUT2D eigenvalue weighted by molar-refractivity contribution is 6.63. The van der Waals surface area contributed by atoms with Gasteiger partial charge in [-0.15, -0.1) is 0 Å². The Morgan fingerprint density at radius 3 is 2.28 bits per heavy atom. The van der Waals surface area contributed by atoms with Crippen molar-refractivity contribution < 1.29 is 14.1 Å². The van der Waals surface area contributed by atoms with Crippen LogP contribution in [0.25, 0.3) is 0 Å². The summed E-state index contributed by atoms with van der Waals surface area (Å²) in [5.74, 6) is 0. The number of aldehydes is 1. The number of rotatable bonds is 2. The fourth-order valence-electron chi connectivity index (χ4n) is 1.81. The number of carbonyl (C=O) groups excluding carboxylic acids is 1. The molecule has 1 saturated heterocycles. The van der Waals surface area contributed by atoms with Crippen molar-refractivity contribution in [3.63, 3.8) is 0 Å². The van der Waals surface area contributed by atoms with Crippen LogP contribution >= 0.6 is 0 Å². The van der Waals surface area contributed by atoms with E-state index in [-0.39, 0.29) is 16.6 Å². The summed E-state index contributed by atoms with van der Waals surface area (Å²) in [6.45, 7) is 7.57. The molecule has 0 saturated carbocycles. The van der Waals surface area contributed by atoms with Crippen LogP contribution in [0.4, 0.5) is 0 Å². The normalized spacial score (nSPS) is 21.0. The monoisotopic (exact) mass is 249 g/mol. The van der Waals surface area contributed by atoms with Crippen molar-refractivity contribution in [2.24, 2.45) is 0 Å². The van der Waals surface area contributed by atoms with Gasteiger partial charge in [0.05, 0.1) is 16.7 Å². The van der Waals surface area contributed by atoms with Gasteiger partial charge in [0, 0.05) is 11.8 Å². The largest absolute Gasteiger partial charge is 0.501 e. The Hall–Kier alpha value is -1.40. The first kappa shape index (κ1) is 13.0. The van der Waals surface area contributed by atoms with Crippen LogP contribution in [0.15, 0.2) is 17.1 Å². The zero-order valence-corrected chi connectivity index (χ0v) is 10.9. The number of nitrogens with one attached hydrogen (secondary N) is 1. The Labute approximate surface area is 106 Å². The number of hydrogen-bond donors (Lipinski definition) is 1. The molecule has 1 aromatic heterocycles. The van der Waals surface area contributed by atoms with E-state index in [1.54, 1.807) is 0 Å². The lowest BCUT2D eigenvalue weighted by Gasteiger charge is -2.32. The lowest BCUT2D eigenvalue weighted by molar-refractivity contribution is 0.00578. The standard InChI is InChI=1S/C12H16BNO4/c1-11(2)12(3,4)18-13(17-11)9-8(7-15)5-6-14-10(9)16/h5-7H,1-4H3,(H,14,16). The van der Waals surface area contributed by atoms with E-state index in [1.165, 1.54) is 12.3 Å². The van der Waals surface area contributed by atoms with E-state index < -0.39 is 18.3 Å². The van der Waals surface area contributed by atoms with Crippen LogP contribution in [0.3, 0.4) is 0 Å². The van der Waals surface area contributed by atoms with Crippen molar-refractivity contribution in [1.82, 2.24) is 4.98 Å². The third-order valence-electron chi connectivity index (χ3n) is 3.65. The van der Waals surface area contributed by atoms with E-state index in [0.717, 1.165) is 0 Å². The van der Waals surface area contributed by atoms with Gasteiger partial charge in [0.25, 0.3) is 0 Å². The van der Waals surface area contributed by atoms with Gasteiger partial charge in [-0.3, -0.25) is 9.59 Å². The van der Waals surface area contributed by atoms with Gasteiger partial charge in [0.2, 0.25) is 5.56 Å². The number of aromatic nitrogens is 1. The Bertz CT molecular complexity index is 519. The maximum Gasteiger partial charge on any atom is 0.501 e. The first-order chi connectivity index (χ1) is 8.28. The third-order valence-corrected chi connectivity index (χ3v) is 3.65. The van der Waals surface area contributed by atoms with Crippen LogP contribution in [0, 0.1) is 0 Å². The maximum atomic E-state index is 11.8. The fourth-order valence-corrected chi connectivity index (χ4v) is 1.81. The molecule has 1 aromatic rings. The minimum atomic E-state index is -0.819. The van der Waals surface area contributed by atoms with Crippen LogP contribution < -0.4 is 11.0 Å². The first-order valence-electron chi connectivity index (χ1n) is 5.81. The molecule has 18 heavy (non-hydrogen) atoms. The van der Waals surface area contributed by atoms with E-state index in [9.17, 15) is 9.59 Å². The lowest BCUT2D eigenvalue weighted by atomic mass is 9.77. The topological polar surface area (TPSA) is 68.4 Å². The van der Waals surface area contributed by atoms with Crippen molar-refractivity contribution in [2.75, 3.05) is 0 Å². The molecule has 5 nitrogen and oxygen atoms in total. The predicted molar refractivity (Wildman–Crippen MR) is 68.2 cm³/mol. The molecular weight excluding hydrogens is 233 g/mol. The van der Waals surface area contributed by atoms with Crippen LogP contribution in [0.2, 0.25) is 0 Å². The molecule has 0 bridgehead atoms. The molecule has 6 heteroatoms. The Morgan fingerprint density at radius 2 is 1.78 bits per heavy atom. The average molecular weight is 249 g/mol. The summed E-state index contributed by atoms with van der Waals surface area (Å²) in [4.78, 5) is 25.4. The second-order valence-corrected chi connectivity index (χ2v) is 5.38. The zero-order valence-electron chi connectivity index (χ0n) is 10.9. The van der Waals surface area contributed by atoms with Crippen LogP contribution in [0.5, 0.6) is 0 Å².